The highest BCUT2D eigenvalue weighted by molar-refractivity contribution is 5.85. The van der Waals surface area contributed by atoms with Crippen LogP contribution in [0.15, 0.2) is 36.8 Å². The molecule has 0 bridgehead atoms. The second kappa shape index (κ2) is 10.2. The largest absolute Gasteiger partial charge is 0.492 e. The van der Waals surface area contributed by atoms with Gasteiger partial charge in [-0.2, -0.15) is 10.4 Å². The molecule has 0 amide bonds. The lowest BCUT2D eigenvalue weighted by atomic mass is 9.96. The van der Waals surface area contributed by atoms with E-state index in [4.69, 9.17) is 9.72 Å². The number of nitrogens with zero attached hydrogens (tertiary/aromatic N) is 6. The molecule has 4 heterocycles. The van der Waals surface area contributed by atoms with Crippen molar-refractivity contribution >= 4 is 11.3 Å². The summed E-state index contributed by atoms with van der Waals surface area (Å²) < 4.78 is 7.45. The molecule has 0 radical (unpaired) electrons. The number of pyridine rings is 2. The number of nitriles is 1. The van der Waals surface area contributed by atoms with Crippen LogP contribution in [-0.2, 0) is 0 Å². The first-order valence-corrected chi connectivity index (χ1v) is 12.0. The van der Waals surface area contributed by atoms with E-state index in [0.717, 1.165) is 47.8 Å². The third-order valence-corrected chi connectivity index (χ3v) is 6.54. The number of anilines is 1. The Morgan fingerprint density at radius 2 is 2.12 bits per heavy atom. The van der Waals surface area contributed by atoms with E-state index in [9.17, 15) is 5.26 Å². The van der Waals surface area contributed by atoms with Crippen molar-refractivity contribution in [2.75, 3.05) is 37.7 Å². The highest BCUT2D eigenvalue weighted by Crippen LogP contribution is 2.31. The van der Waals surface area contributed by atoms with Gasteiger partial charge in [0.15, 0.2) is 0 Å². The van der Waals surface area contributed by atoms with Crippen molar-refractivity contribution in [1.29, 1.82) is 5.26 Å². The molecule has 7 nitrogen and oxygen atoms in total. The zero-order valence-corrected chi connectivity index (χ0v) is 20.2. The Labute approximate surface area is 196 Å². The van der Waals surface area contributed by atoms with Crippen LogP contribution in [0.3, 0.4) is 0 Å². The SMILES string of the molecule is CCOc1cc(-c2ccc(N(CC)CC3CCCN(C(C)C)C3)nc2)c2c(C#N)cnn2c1. The number of piperidine rings is 1. The minimum absolute atomic E-state index is 0.541. The van der Waals surface area contributed by atoms with E-state index in [1.54, 1.807) is 10.7 Å². The predicted octanol–water partition coefficient (Wildman–Crippen LogP) is 4.61. The smallest absolute Gasteiger partial charge is 0.138 e. The second-order valence-electron chi connectivity index (χ2n) is 9.03. The zero-order chi connectivity index (χ0) is 23.4. The Hall–Kier alpha value is -3.11. The number of ether oxygens (including phenoxy) is 1. The molecule has 1 fully saturated rings. The first kappa shape index (κ1) is 23.1. The van der Waals surface area contributed by atoms with E-state index < -0.39 is 0 Å². The Bertz CT molecular complexity index is 1110. The Balaban J connectivity index is 1.59. The molecule has 33 heavy (non-hydrogen) atoms. The monoisotopic (exact) mass is 446 g/mol. The molecule has 4 rings (SSSR count). The number of fused-ring (bicyclic) bond motifs is 1. The molecule has 1 atom stereocenters. The fourth-order valence-corrected chi connectivity index (χ4v) is 4.79. The van der Waals surface area contributed by atoms with Crippen LogP contribution >= 0.6 is 0 Å². The van der Waals surface area contributed by atoms with Crippen LogP contribution in [0.1, 0.15) is 46.1 Å². The van der Waals surface area contributed by atoms with Crippen molar-refractivity contribution in [3.8, 4) is 22.9 Å². The molecule has 1 unspecified atom stereocenters. The maximum absolute atomic E-state index is 9.57. The first-order valence-electron chi connectivity index (χ1n) is 12.0. The summed E-state index contributed by atoms with van der Waals surface area (Å²) in [7, 11) is 0. The van der Waals surface area contributed by atoms with Gasteiger partial charge in [-0.25, -0.2) is 9.50 Å². The lowest BCUT2D eigenvalue weighted by molar-refractivity contribution is 0.142. The van der Waals surface area contributed by atoms with Gasteiger partial charge in [0.25, 0.3) is 0 Å². The van der Waals surface area contributed by atoms with Gasteiger partial charge in [0.2, 0.25) is 0 Å². The molecular weight excluding hydrogens is 412 g/mol. The van der Waals surface area contributed by atoms with Crippen LogP contribution in [0.25, 0.3) is 16.6 Å². The molecule has 3 aromatic rings. The van der Waals surface area contributed by atoms with Gasteiger partial charge in [-0.05, 0) is 71.2 Å². The standard InChI is InChI=1S/C26H34N6O/c1-5-30(16-20-8-7-11-31(17-20)19(3)4)25-10-9-21(14-28-25)24-12-23(33-6-2)18-32-26(24)22(13-27)15-29-32/h9-10,12,14-15,18-20H,5-8,11,16-17H2,1-4H3. The minimum Gasteiger partial charge on any atom is -0.492 e. The summed E-state index contributed by atoms with van der Waals surface area (Å²) in [5.74, 6) is 2.38. The molecule has 3 aromatic heterocycles. The van der Waals surface area contributed by atoms with Crippen molar-refractivity contribution < 1.29 is 4.74 Å². The molecular formula is C26H34N6O. The van der Waals surface area contributed by atoms with Crippen LogP contribution < -0.4 is 9.64 Å². The minimum atomic E-state index is 0.541. The van der Waals surface area contributed by atoms with Gasteiger partial charge in [0, 0.05) is 43.0 Å². The van der Waals surface area contributed by atoms with Crippen molar-refractivity contribution in [3.05, 3.63) is 42.4 Å². The van der Waals surface area contributed by atoms with E-state index >= 15 is 0 Å². The summed E-state index contributed by atoms with van der Waals surface area (Å²) in [5, 5.41) is 13.9. The second-order valence-corrected chi connectivity index (χ2v) is 9.03. The Morgan fingerprint density at radius 1 is 1.27 bits per heavy atom. The highest BCUT2D eigenvalue weighted by Gasteiger charge is 2.24. The summed E-state index contributed by atoms with van der Waals surface area (Å²) in [6.45, 7) is 13.6. The third kappa shape index (κ3) is 4.96. The number of hydrogen-bond donors (Lipinski definition) is 0. The molecule has 174 valence electrons. The predicted molar refractivity (Wildman–Crippen MR) is 132 cm³/mol. The van der Waals surface area contributed by atoms with E-state index in [1.807, 2.05) is 25.4 Å². The van der Waals surface area contributed by atoms with Crippen molar-refractivity contribution in [2.45, 2.75) is 46.6 Å². The van der Waals surface area contributed by atoms with Crippen LogP contribution in [-0.4, -0.2) is 58.3 Å². The normalized spacial score (nSPS) is 16.8. The quantitative estimate of drug-likeness (QED) is 0.503. The summed E-state index contributed by atoms with van der Waals surface area (Å²) in [6, 6.07) is 9.00. The molecule has 0 spiro atoms. The van der Waals surface area contributed by atoms with Crippen molar-refractivity contribution in [3.63, 3.8) is 0 Å². The molecule has 0 aliphatic carbocycles. The fourth-order valence-electron chi connectivity index (χ4n) is 4.79. The van der Waals surface area contributed by atoms with Gasteiger partial charge < -0.3 is 14.5 Å². The van der Waals surface area contributed by atoms with Crippen LogP contribution in [0, 0.1) is 17.2 Å². The maximum atomic E-state index is 9.57. The zero-order valence-electron chi connectivity index (χ0n) is 20.2. The number of likely N-dealkylation sites (tertiary alicyclic amines) is 1. The lowest BCUT2D eigenvalue weighted by Gasteiger charge is -2.37. The van der Waals surface area contributed by atoms with Crippen molar-refractivity contribution in [2.24, 2.45) is 5.92 Å². The van der Waals surface area contributed by atoms with E-state index in [0.29, 0.717) is 24.1 Å². The van der Waals surface area contributed by atoms with Gasteiger partial charge in [0.1, 0.15) is 17.6 Å². The molecule has 0 N–H and O–H groups in total. The molecule has 7 heteroatoms. The van der Waals surface area contributed by atoms with Gasteiger partial charge in [0.05, 0.1) is 30.1 Å². The molecule has 0 saturated carbocycles. The fraction of sp³-hybridized carbons (Fsp3) is 0.500. The summed E-state index contributed by atoms with van der Waals surface area (Å²) in [4.78, 5) is 9.80. The average molecular weight is 447 g/mol. The number of rotatable bonds is 8. The number of hydrogen-bond acceptors (Lipinski definition) is 6. The molecule has 1 saturated heterocycles. The van der Waals surface area contributed by atoms with Crippen LogP contribution in [0.2, 0.25) is 0 Å². The van der Waals surface area contributed by atoms with Gasteiger partial charge in [-0.3, -0.25) is 0 Å². The highest BCUT2D eigenvalue weighted by atomic mass is 16.5. The van der Waals surface area contributed by atoms with E-state index in [-0.39, 0.29) is 0 Å². The molecule has 0 aromatic carbocycles. The summed E-state index contributed by atoms with van der Waals surface area (Å²) >= 11 is 0. The average Bonchev–Trinajstić information content (AvgIpc) is 3.25. The number of aromatic nitrogens is 3. The van der Waals surface area contributed by atoms with Gasteiger partial charge in [-0.1, -0.05) is 0 Å². The van der Waals surface area contributed by atoms with Crippen LogP contribution in [0.4, 0.5) is 5.82 Å². The van der Waals surface area contributed by atoms with E-state index in [2.05, 4.69) is 53.9 Å². The lowest BCUT2D eigenvalue weighted by Crippen LogP contribution is -2.44. The first-order chi connectivity index (χ1) is 16.0. The molecule has 1 aliphatic heterocycles. The Morgan fingerprint density at radius 3 is 2.79 bits per heavy atom. The topological polar surface area (TPSA) is 69.7 Å². The van der Waals surface area contributed by atoms with E-state index in [1.165, 1.54) is 19.4 Å². The summed E-state index contributed by atoms with van der Waals surface area (Å²) in [6.07, 6.45) is 7.86. The van der Waals surface area contributed by atoms with Crippen molar-refractivity contribution in [1.82, 2.24) is 19.5 Å². The van der Waals surface area contributed by atoms with Gasteiger partial charge in [-0.15, -0.1) is 0 Å². The Kier molecular flexibility index (Phi) is 7.14. The third-order valence-electron chi connectivity index (χ3n) is 6.54. The maximum Gasteiger partial charge on any atom is 0.138 e. The summed E-state index contributed by atoms with van der Waals surface area (Å²) in [5.41, 5.74) is 3.16. The van der Waals surface area contributed by atoms with Crippen LogP contribution in [0.5, 0.6) is 5.75 Å². The molecule has 1 aliphatic rings. The van der Waals surface area contributed by atoms with Gasteiger partial charge >= 0.3 is 0 Å².